The third-order valence-electron chi connectivity index (χ3n) is 4.25. The van der Waals surface area contributed by atoms with E-state index in [1.54, 1.807) is 0 Å². The molecule has 0 aromatic heterocycles. The summed E-state index contributed by atoms with van der Waals surface area (Å²) < 4.78 is 28.6. The molecule has 0 aliphatic heterocycles. The Hall–Kier alpha value is -1.31. The summed E-state index contributed by atoms with van der Waals surface area (Å²) in [5.41, 5.74) is 2.13. The predicted molar refractivity (Wildman–Crippen MR) is 105 cm³/mol. The van der Waals surface area contributed by atoms with Crippen LogP contribution in [-0.2, 0) is 11.3 Å². The number of anilines is 1. The first kappa shape index (κ1) is 19.5. The summed E-state index contributed by atoms with van der Waals surface area (Å²) in [4.78, 5) is 14.5. The molecule has 138 valence electrons. The van der Waals surface area contributed by atoms with Crippen LogP contribution in [0.3, 0.4) is 0 Å². The van der Waals surface area contributed by atoms with E-state index >= 15 is 0 Å². The second kappa shape index (κ2) is 8.15. The van der Waals surface area contributed by atoms with E-state index in [9.17, 15) is 13.6 Å². The zero-order valence-electron chi connectivity index (χ0n) is 14.2. The Bertz CT molecular complexity index is 817. The molecule has 26 heavy (non-hydrogen) atoms. The molecule has 7 heteroatoms. The van der Waals surface area contributed by atoms with Gasteiger partial charge >= 0.3 is 0 Å². The summed E-state index contributed by atoms with van der Waals surface area (Å²) in [5, 5.41) is 2.90. The highest BCUT2D eigenvalue weighted by Gasteiger charge is 2.31. The maximum Gasteiger partial charge on any atom is 0.238 e. The first-order valence-corrected chi connectivity index (χ1v) is 9.85. The van der Waals surface area contributed by atoms with Crippen molar-refractivity contribution in [2.75, 3.05) is 11.9 Å². The Morgan fingerprint density at radius 1 is 1.19 bits per heavy atom. The largest absolute Gasteiger partial charge is 0.323 e. The summed E-state index contributed by atoms with van der Waals surface area (Å²) in [6.45, 7) is 2.39. The van der Waals surface area contributed by atoms with Crippen LogP contribution in [0.1, 0.15) is 24.0 Å². The van der Waals surface area contributed by atoms with Crippen molar-refractivity contribution in [2.24, 2.45) is 0 Å². The van der Waals surface area contributed by atoms with Crippen LogP contribution in [0.2, 0.25) is 0 Å². The molecule has 0 unspecified atom stereocenters. The van der Waals surface area contributed by atoms with Crippen molar-refractivity contribution >= 4 is 43.5 Å². The van der Waals surface area contributed by atoms with Crippen LogP contribution >= 0.6 is 31.9 Å². The van der Waals surface area contributed by atoms with Crippen LogP contribution in [0.4, 0.5) is 14.5 Å². The van der Waals surface area contributed by atoms with Crippen LogP contribution in [0, 0.1) is 18.6 Å². The van der Waals surface area contributed by atoms with Gasteiger partial charge in [-0.2, -0.15) is 0 Å². The SMILES string of the molecule is Cc1cc(Br)c(NC(=O)CN(Cc2ccc(F)cc2F)C2CC2)c(Br)c1. The topological polar surface area (TPSA) is 32.3 Å². The molecular formula is C19H18Br2F2N2O. The molecule has 1 amide bonds. The Labute approximate surface area is 168 Å². The molecule has 1 saturated carbocycles. The lowest BCUT2D eigenvalue weighted by molar-refractivity contribution is -0.117. The highest BCUT2D eigenvalue weighted by Crippen LogP contribution is 2.33. The van der Waals surface area contributed by atoms with Gasteiger partial charge in [-0.25, -0.2) is 8.78 Å². The molecule has 3 nitrogen and oxygen atoms in total. The van der Waals surface area contributed by atoms with E-state index in [1.807, 2.05) is 24.0 Å². The number of nitrogens with zero attached hydrogens (tertiary/aromatic N) is 1. The van der Waals surface area contributed by atoms with Gasteiger partial charge in [-0.3, -0.25) is 9.69 Å². The maximum atomic E-state index is 13.9. The number of nitrogens with one attached hydrogen (secondary N) is 1. The smallest absolute Gasteiger partial charge is 0.238 e. The number of hydrogen-bond acceptors (Lipinski definition) is 2. The number of hydrogen-bond donors (Lipinski definition) is 1. The van der Waals surface area contributed by atoms with Gasteiger partial charge in [0.25, 0.3) is 0 Å². The molecule has 0 spiro atoms. The number of benzene rings is 2. The number of aryl methyl sites for hydroxylation is 1. The van der Waals surface area contributed by atoms with Gasteiger partial charge in [-0.05, 0) is 75.4 Å². The van der Waals surface area contributed by atoms with Crippen molar-refractivity contribution in [1.82, 2.24) is 4.90 Å². The second-order valence-corrected chi connectivity index (χ2v) is 8.23. The molecule has 1 fully saturated rings. The number of carbonyl (C=O) groups is 1. The molecule has 0 saturated heterocycles. The fourth-order valence-corrected chi connectivity index (χ4v) is 4.42. The van der Waals surface area contributed by atoms with Crippen LogP contribution in [0.5, 0.6) is 0 Å². The molecule has 1 aliphatic rings. The third-order valence-corrected chi connectivity index (χ3v) is 5.50. The van der Waals surface area contributed by atoms with Gasteiger partial charge in [0.1, 0.15) is 11.6 Å². The van der Waals surface area contributed by atoms with Crippen molar-refractivity contribution in [1.29, 1.82) is 0 Å². The lowest BCUT2D eigenvalue weighted by Crippen LogP contribution is -2.35. The van der Waals surface area contributed by atoms with E-state index in [4.69, 9.17) is 0 Å². The Kier molecular flexibility index (Phi) is 6.10. The minimum absolute atomic E-state index is 0.147. The molecule has 0 bridgehead atoms. The molecular weight excluding hydrogens is 470 g/mol. The number of rotatable bonds is 6. The highest BCUT2D eigenvalue weighted by molar-refractivity contribution is 9.11. The van der Waals surface area contributed by atoms with Gasteiger partial charge in [-0.15, -0.1) is 0 Å². The lowest BCUT2D eigenvalue weighted by Gasteiger charge is -2.22. The molecule has 1 N–H and O–H groups in total. The van der Waals surface area contributed by atoms with E-state index in [-0.39, 0.29) is 25.0 Å². The number of amides is 1. The lowest BCUT2D eigenvalue weighted by atomic mass is 10.2. The normalized spacial score (nSPS) is 13.9. The summed E-state index contributed by atoms with van der Waals surface area (Å²) in [6, 6.07) is 7.66. The van der Waals surface area contributed by atoms with Gasteiger partial charge in [0.15, 0.2) is 0 Å². The minimum Gasteiger partial charge on any atom is -0.323 e. The van der Waals surface area contributed by atoms with Crippen molar-refractivity contribution in [3.63, 3.8) is 0 Å². The van der Waals surface area contributed by atoms with Gasteiger partial charge in [0.2, 0.25) is 5.91 Å². The first-order chi connectivity index (χ1) is 12.3. The quantitative estimate of drug-likeness (QED) is 0.591. The zero-order valence-corrected chi connectivity index (χ0v) is 17.3. The van der Waals surface area contributed by atoms with E-state index in [0.717, 1.165) is 33.4 Å². The first-order valence-electron chi connectivity index (χ1n) is 8.27. The Morgan fingerprint density at radius 2 is 1.85 bits per heavy atom. The number of halogens is 4. The van der Waals surface area contributed by atoms with E-state index < -0.39 is 11.6 Å². The van der Waals surface area contributed by atoms with E-state index in [0.29, 0.717) is 11.3 Å². The van der Waals surface area contributed by atoms with E-state index in [1.165, 1.54) is 12.1 Å². The minimum atomic E-state index is -0.601. The predicted octanol–water partition coefficient (Wildman–Crippen LogP) is 5.40. The Balaban J connectivity index is 1.69. The van der Waals surface area contributed by atoms with Crippen molar-refractivity contribution in [3.05, 3.63) is 62.0 Å². The summed E-state index contributed by atoms with van der Waals surface area (Å²) >= 11 is 6.92. The van der Waals surface area contributed by atoms with Gasteiger partial charge in [0, 0.05) is 33.2 Å². The molecule has 0 atom stereocenters. The van der Waals surface area contributed by atoms with Crippen LogP contribution in [0.15, 0.2) is 39.3 Å². The molecule has 2 aromatic rings. The van der Waals surface area contributed by atoms with Crippen molar-refractivity contribution in [2.45, 2.75) is 32.4 Å². The van der Waals surface area contributed by atoms with Crippen LogP contribution in [0.25, 0.3) is 0 Å². The molecule has 2 aromatic carbocycles. The van der Waals surface area contributed by atoms with Crippen molar-refractivity contribution < 1.29 is 13.6 Å². The van der Waals surface area contributed by atoms with Gasteiger partial charge in [-0.1, -0.05) is 6.07 Å². The molecule has 0 radical (unpaired) electrons. The fraction of sp³-hybridized carbons (Fsp3) is 0.316. The standard InChI is InChI=1S/C19H18Br2F2N2O/c1-11-6-15(20)19(16(21)7-11)24-18(26)10-25(14-4-5-14)9-12-2-3-13(22)8-17(12)23/h2-3,6-8,14H,4-5,9-10H2,1H3,(H,24,26). The zero-order chi connectivity index (χ0) is 18.8. The third kappa shape index (κ3) is 4.90. The fourth-order valence-electron chi connectivity index (χ4n) is 2.81. The van der Waals surface area contributed by atoms with Gasteiger partial charge in [0.05, 0.1) is 12.2 Å². The average molecular weight is 488 g/mol. The summed E-state index contributed by atoms with van der Waals surface area (Å²) in [5.74, 6) is -1.36. The van der Waals surface area contributed by atoms with Crippen LogP contribution < -0.4 is 5.32 Å². The second-order valence-electron chi connectivity index (χ2n) is 6.52. The highest BCUT2D eigenvalue weighted by atomic mass is 79.9. The monoisotopic (exact) mass is 486 g/mol. The maximum absolute atomic E-state index is 13.9. The Morgan fingerprint density at radius 3 is 2.42 bits per heavy atom. The van der Waals surface area contributed by atoms with Crippen LogP contribution in [-0.4, -0.2) is 23.4 Å². The van der Waals surface area contributed by atoms with Crippen molar-refractivity contribution in [3.8, 4) is 0 Å². The molecule has 0 heterocycles. The molecule has 1 aliphatic carbocycles. The molecule has 3 rings (SSSR count). The van der Waals surface area contributed by atoms with E-state index in [2.05, 4.69) is 37.2 Å². The average Bonchev–Trinajstić information content (AvgIpc) is 3.37. The van der Waals surface area contributed by atoms with Gasteiger partial charge < -0.3 is 5.32 Å². The number of carbonyl (C=O) groups excluding carboxylic acids is 1. The summed E-state index contributed by atoms with van der Waals surface area (Å²) in [6.07, 6.45) is 1.96. The summed E-state index contributed by atoms with van der Waals surface area (Å²) in [7, 11) is 0.